The highest BCUT2D eigenvalue weighted by Crippen LogP contribution is 2.27. The zero-order valence-electron chi connectivity index (χ0n) is 15.6. The van der Waals surface area contributed by atoms with Gasteiger partial charge in [-0.3, -0.25) is 9.59 Å². The molecule has 1 amide bonds. The van der Waals surface area contributed by atoms with Crippen molar-refractivity contribution < 1.29 is 14.7 Å². The molecule has 2 N–H and O–H groups in total. The Morgan fingerprint density at radius 2 is 1.73 bits per heavy atom. The molecule has 5 heteroatoms. The Kier molecular flexibility index (Phi) is 6.86. The van der Waals surface area contributed by atoms with Crippen molar-refractivity contribution in [3.8, 4) is 0 Å². The Morgan fingerprint density at radius 3 is 2.35 bits per heavy atom. The number of carbonyl (C=O) groups is 2. The van der Waals surface area contributed by atoms with Gasteiger partial charge in [-0.15, -0.1) is 11.8 Å². The van der Waals surface area contributed by atoms with Gasteiger partial charge in [0.25, 0.3) is 5.91 Å². The number of nitrogens with one attached hydrogen (secondary N) is 1. The highest BCUT2D eigenvalue weighted by molar-refractivity contribution is 8.00. The molecule has 1 unspecified atom stereocenters. The van der Waals surface area contributed by atoms with E-state index in [0.29, 0.717) is 17.0 Å². The van der Waals surface area contributed by atoms with Gasteiger partial charge >= 0.3 is 5.97 Å². The molecule has 0 saturated carbocycles. The van der Waals surface area contributed by atoms with Crippen LogP contribution in [0, 0.1) is 20.8 Å². The van der Waals surface area contributed by atoms with Crippen LogP contribution in [-0.4, -0.2) is 28.8 Å². The summed E-state index contributed by atoms with van der Waals surface area (Å²) in [6, 6.07) is 11.4. The van der Waals surface area contributed by atoms with Crippen LogP contribution in [0.2, 0.25) is 0 Å². The average Bonchev–Trinajstić information content (AvgIpc) is 2.57. The maximum Gasteiger partial charge on any atom is 0.316 e. The first-order valence-corrected chi connectivity index (χ1v) is 9.51. The smallest absolute Gasteiger partial charge is 0.316 e. The number of amides is 1. The molecule has 0 aliphatic heterocycles. The quantitative estimate of drug-likeness (QED) is 0.718. The molecule has 2 aromatic rings. The van der Waals surface area contributed by atoms with Gasteiger partial charge in [0.1, 0.15) is 5.25 Å². The standard InChI is InChI=1S/C21H25NO3S/c1-13-11-14(2)17(15(3)12-13)9-10-22-20(23)18-7-5-6-8-19(18)26-16(4)21(24)25/h5-8,11-12,16H,9-10H2,1-4H3,(H,22,23)(H,24,25). The van der Waals surface area contributed by atoms with E-state index in [0.717, 1.165) is 6.42 Å². The third-order valence-electron chi connectivity index (χ3n) is 4.28. The summed E-state index contributed by atoms with van der Waals surface area (Å²) in [7, 11) is 0. The topological polar surface area (TPSA) is 66.4 Å². The van der Waals surface area contributed by atoms with Crippen LogP contribution >= 0.6 is 11.8 Å². The molecular weight excluding hydrogens is 346 g/mol. The van der Waals surface area contributed by atoms with Crippen molar-refractivity contribution in [1.29, 1.82) is 0 Å². The van der Waals surface area contributed by atoms with Gasteiger partial charge in [0, 0.05) is 11.4 Å². The monoisotopic (exact) mass is 371 g/mol. The second-order valence-corrected chi connectivity index (χ2v) is 7.86. The maximum absolute atomic E-state index is 12.6. The summed E-state index contributed by atoms with van der Waals surface area (Å²) in [5.41, 5.74) is 5.50. The lowest BCUT2D eigenvalue weighted by atomic mass is 9.97. The van der Waals surface area contributed by atoms with Crippen molar-refractivity contribution >= 4 is 23.6 Å². The molecule has 4 nitrogen and oxygen atoms in total. The molecule has 2 aromatic carbocycles. The van der Waals surface area contributed by atoms with Gasteiger partial charge in [-0.05, 0) is 62.9 Å². The largest absolute Gasteiger partial charge is 0.480 e. The van der Waals surface area contributed by atoms with Crippen LogP contribution in [0.25, 0.3) is 0 Å². The highest BCUT2D eigenvalue weighted by Gasteiger charge is 2.17. The number of hydrogen-bond acceptors (Lipinski definition) is 3. The first kappa shape index (κ1) is 20.0. The van der Waals surface area contributed by atoms with E-state index in [1.54, 1.807) is 25.1 Å². The number of rotatable bonds is 7. The fourth-order valence-corrected chi connectivity index (χ4v) is 3.92. The predicted octanol–water partition coefficient (Wildman–Crippen LogP) is 4.15. The minimum Gasteiger partial charge on any atom is -0.480 e. The van der Waals surface area contributed by atoms with Gasteiger partial charge in [-0.2, -0.15) is 0 Å². The van der Waals surface area contributed by atoms with E-state index in [-0.39, 0.29) is 5.91 Å². The summed E-state index contributed by atoms with van der Waals surface area (Å²) in [6.45, 7) is 8.42. The Bertz CT molecular complexity index is 794. The summed E-state index contributed by atoms with van der Waals surface area (Å²) < 4.78 is 0. The van der Waals surface area contributed by atoms with E-state index in [9.17, 15) is 9.59 Å². The minimum atomic E-state index is -0.893. The van der Waals surface area contributed by atoms with Gasteiger partial charge in [0.15, 0.2) is 0 Å². The third-order valence-corrected chi connectivity index (χ3v) is 5.45. The molecule has 0 heterocycles. The van der Waals surface area contributed by atoms with Crippen molar-refractivity contribution in [3.05, 3.63) is 64.2 Å². The minimum absolute atomic E-state index is 0.173. The van der Waals surface area contributed by atoms with E-state index in [1.165, 1.54) is 34.0 Å². The summed E-state index contributed by atoms with van der Waals surface area (Å²) in [6.07, 6.45) is 0.768. The second kappa shape index (κ2) is 8.90. The van der Waals surface area contributed by atoms with Gasteiger partial charge in [-0.25, -0.2) is 0 Å². The number of benzene rings is 2. The van der Waals surface area contributed by atoms with Gasteiger partial charge in [-0.1, -0.05) is 29.8 Å². The highest BCUT2D eigenvalue weighted by atomic mass is 32.2. The Balaban J connectivity index is 2.04. The van der Waals surface area contributed by atoms with E-state index in [2.05, 4.69) is 38.2 Å². The predicted molar refractivity (Wildman–Crippen MR) is 106 cm³/mol. The van der Waals surface area contributed by atoms with E-state index < -0.39 is 11.2 Å². The SMILES string of the molecule is Cc1cc(C)c(CCNC(=O)c2ccccc2SC(C)C(=O)O)c(C)c1. The second-order valence-electron chi connectivity index (χ2n) is 6.48. The summed E-state index contributed by atoms with van der Waals surface area (Å²) in [5.74, 6) is -1.07. The van der Waals surface area contributed by atoms with Gasteiger partial charge in [0.2, 0.25) is 0 Å². The van der Waals surface area contributed by atoms with Crippen LogP contribution in [0.5, 0.6) is 0 Å². The number of aliphatic carboxylic acids is 1. The summed E-state index contributed by atoms with van der Waals surface area (Å²) in [4.78, 5) is 24.3. The molecule has 0 fully saturated rings. The number of hydrogen-bond donors (Lipinski definition) is 2. The zero-order valence-corrected chi connectivity index (χ0v) is 16.4. The maximum atomic E-state index is 12.6. The Labute approximate surface area is 159 Å². The lowest BCUT2D eigenvalue weighted by Gasteiger charge is -2.14. The molecule has 2 rings (SSSR count). The fourth-order valence-electron chi connectivity index (χ4n) is 3.00. The van der Waals surface area contributed by atoms with Crippen LogP contribution in [0.3, 0.4) is 0 Å². The van der Waals surface area contributed by atoms with Crippen LogP contribution in [0.4, 0.5) is 0 Å². The van der Waals surface area contributed by atoms with E-state index >= 15 is 0 Å². The Hall–Kier alpha value is -2.27. The number of thioether (sulfide) groups is 1. The lowest BCUT2D eigenvalue weighted by Crippen LogP contribution is -2.26. The van der Waals surface area contributed by atoms with Crippen molar-refractivity contribution in [2.75, 3.05) is 6.54 Å². The average molecular weight is 372 g/mol. The van der Waals surface area contributed by atoms with Crippen molar-refractivity contribution in [3.63, 3.8) is 0 Å². The van der Waals surface area contributed by atoms with E-state index in [4.69, 9.17) is 5.11 Å². The van der Waals surface area contributed by atoms with Crippen LogP contribution < -0.4 is 5.32 Å². The van der Waals surface area contributed by atoms with Crippen LogP contribution in [0.15, 0.2) is 41.3 Å². The van der Waals surface area contributed by atoms with Crippen LogP contribution in [-0.2, 0) is 11.2 Å². The Morgan fingerprint density at radius 1 is 1.12 bits per heavy atom. The molecule has 26 heavy (non-hydrogen) atoms. The number of aryl methyl sites for hydroxylation is 3. The number of carboxylic acid groups (broad SMARTS) is 1. The van der Waals surface area contributed by atoms with Crippen molar-refractivity contribution in [2.45, 2.75) is 44.3 Å². The van der Waals surface area contributed by atoms with Gasteiger partial charge < -0.3 is 10.4 Å². The number of carboxylic acids is 1. The normalized spacial score (nSPS) is 11.8. The lowest BCUT2D eigenvalue weighted by molar-refractivity contribution is -0.136. The van der Waals surface area contributed by atoms with E-state index in [1.807, 2.05) is 6.07 Å². The summed E-state index contributed by atoms with van der Waals surface area (Å²) >= 11 is 1.18. The molecular formula is C21H25NO3S. The molecule has 0 saturated heterocycles. The van der Waals surface area contributed by atoms with Crippen molar-refractivity contribution in [1.82, 2.24) is 5.32 Å². The molecule has 0 spiro atoms. The molecule has 0 radical (unpaired) electrons. The first-order valence-electron chi connectivity index (χ1n) is 8.63. The number of carbonyl (C=O) groups excluding carboxylic acids is 1. The molecule has 0 aliphatic rings. The zero-order chi connectivity index (χ0) is 19.3. The van der Waals surface area contributed by atoms with Gasteiger partial charge in [0.05, 0.1) is 5.56 Å². The molecule has 0 aromatic heterocycles. The fraction of sp³-hybridized carbons (Fsp3) is 0.333. The molecule has 0 aliphatic carbocycles. The molecule has 0 bridgehead atoms. The third kappa shape index (κ3) is 5.11. The van der Waals surface area contributed by atoms with Crippen LogP contribution in [0.1, 0.15) is 39.5 Å². The van der Waals surface area contributed by atoms with Crippen molar-refractivity contribution in [2.24, 2.45) is 0 Å². The molecule has 138 valence electrons. The summed E-state index contributed by atoms with van der Waals surface area (Å²) in [5, 5.41) is 11.4. The first-order chi connectivity index (χ1) is 12.3. The molecule has 1 atom stereocenters.